The molecule has 2 nitrogen and oxygen atoms in total. The van der Waals surface area contributed by atoms with Gasteiger partial charge in [0.05, 0.1) is 10.6 Å². The summed E-state index contributed by atoms with van der Waals surface area (Å²) in [6.45, 7) is 1.91. The number of hydrogen-bond acceptors (Lipinski definition) is 2. The highest BCUT2D eigenvalue weighted by atomic mass is 35.5. The van der Waals surface area contributed by atoms with Gasteiger partial charge in [-0.2, -0.15) is 0 Å². The molecule has 1 N–H and O–H groups in total. The Morgan fingerprint density at radius 2 is 2.07 bits per heavy atom. The molecule has 1 unspecified atom stereocenters. The van der Waals surface area contributed by atoms with E-state index in [1.165, 1.54) is 6.07 Å². The van der Waals surface area contributed by atoms with E-state index in [1.807, 2.05) is 6.92 Å². The first kappa shape index (κ1) is 9.81. The van der Waals surface area contributed by atoms with Gasteiger partial charge in [-0.25, -0.2) is 0 Å². The first-order chi connectivity index (χ1) is 6.52. The number of phenolic OH excluding ortho intramolecular Hbond substituents is 1. The van der Waals surface area contributed by atoms with E-state index in [-0.39, 0.29) is 22.5 Å². The molecule has 0 saturated heterocycles. The van der Waals surface area contributed by atoms with Crippen molar-refractivity contribution in [3.8, 4) is 5.75 Å². The molecule has 1 aliphatic rings. The van der Waals surface area contributed by atoms with Crippen LogP contribution in [-0.2, 0) is 0 Å². The highest BCUT2D eigenvalue weighted by Crippen LogP contribution is 2.45. The number of carbonyl (C=O) groups excluding carboxylic acids is 1. The summed E-state index contributed by atoms with van der Waals surface area (Å²) in [4.78, 5) is 11.5. The van der Waals surface area contributed by atoms with Crippen LogP contribution in [0.4, 0.5) is 0 Å². The molecule has 14 heavy (non-hydrogen) atoms. The third-order valence-electron chi connectivity index (χ3n) is 2.51. The van der Waals surface area contributed by atoms with Crippen molar-refractivity contribution in [2.75, 3.05) is 0 Å². The molecule has 1 atom stereocenters. The summed E-state index contributed by atoms with van der Waals surface area (Å²) < 4.78 is 0. The number of benzene rings is 1. The van der Waals surface area contributed by atoms with E-state index in [1.54, 1.807) is 0 Å². The highest BCUT2D eigenvalue weighted by molar-refractivity contribution is 6.37. The van der Waals surface area contributed by atoms with Crippen molar-refractivity contribution >= 4 is 29.0 Å². The number of aromatic hydroxyl groups is 1. The lowest BCUT2D eigenvalue weighted by atomic mass is 10.0. The molecule has 1 aromatic rings. The largest absolute Gasteiger partial charge is 0.506 e. The number of fused-ring (bicyclic) bond motifs is 1. The molecule has 0 spiro atoms. The zero-order valence-corrected chi connectivity index (χ0v) is 8.99. The molecule has 0 aliphatic heterocycles. The molecule has 0 radical (unpaired) electrons. The fourth-order valence-corrected chi connectivity index (χ4v) is 2.52. The Hall–Kier alpha value is -0.730. The second-order valence-electron chi connectivity index (χ2n) is 3.51. The first-order valence-electron chi connectivity index (χ1n) is 4.26. The van der Waals surface area contributed by atoms with Crippen LogP contribution in [0.15, 0.2) is 6.07 Å². The highest BCUT2D eigenvalue weighted by Gasteiger charge is 2.32. The summed E-state index contributed by atoms with van der Waals surface area (Å²) in [6, 6.07) is 1.48. The standard InChI is InChI=1S/C10H8Cl2O2/c1-4-2-7(13)9-8(4)5(11)3-6(12)10(9)14/h3-4,14H,2H2,1H3. The third kappa shape index (κ3) is 1.22. The minimum atomic E-state index is -0.139. The molecular formula is C10H8Cl2O2. The molecule has 0 fully saturated rings. The lowest BCUT2D eigenvalue weighted by Crippen LogP contribution is -1.93. The van der Waals surface area contributed by atoms with Gasteiger partial charge < -0.3 is 5.11 Å². The van der Waals surface area contributed by atoms with Gasteiger partial charge in [0.1, 0.15) is 5.75 Å². The molecule has 0 aromatic heterocycles. The van der Waals surface area contributed by atoms with Crippen molar-refractivity contribution in [2.45, 2.75) is 19.3 Å². The maximum absolute atomic E-state index is 11.5. The van der Waals surface area contributed by atoms with Gasteiger partial charge in [-0.05, 0) is 17.5 Å². The summed E-state index contributed by atoms with van der Waals surface area (Å²) in [6.07, 6.45) is 0.392. The van der Waals surface area contributed by atoms with Crippen molar-refractivity contribution in [2.24, 2.45) is 0 Å². The van der Waals surface area contributed by atoms with Crippen LogP contribution >= 0.6 is 23.2 Å². The van der Waals surface area contributed by atoms with Crippen LogP contribution in [-0.4, -0.2) is 10.9 Å². The molecule has 4 heteroatoms. The Kier molecular flexibility index (Phi) is 2.20. The van der Waals surface area contributed by atoms with Gasteiger partial charge in [-0.3, -0.25) is 4.79 Å². The number of carbonyl (C=O) groups is 1. The fourth-order valence-electron chi connectivity index (χ4n) is 1.87. The molecule has 1 aromatic carbocycles. The van der Waals surface area contributed by atoms with E-state index in [9.17, 15) is 9.90 Å². The summed E-state index contributed by atoms with van der Waals surface area (Å²) >= 11 is 11.7. The van der Waals surface area contributed by atoms with E-state index in [2.05, 4.69) is 0 Å². The molecule has 74 valence electrons. The van der Waals surface area contributed by atoms with Crippen molar-refractivity contribution in [3.05, 3.63) is 27.2 Å². The molecular weight excluding hydrogens is 223 g/mol. The van der Waals surface area contributed by atoms with E-state index in [0.717, 1.165) is 5.56 Å². The average Bonchev–Trinajstić information content (AvgIpc) is 2.38. The smallest absolute Gasteiger partial charge is 0.167 e. The minimum Gasteiger partial charge on any atom is -0.506 e. The summed E-state index contributed by atoms with van der Waals surface area (Å²) in [5.41, 5.74) is 1.02. The van der Waals surface area contributed by atoms with Crippen molar-refractivity contribution in [1.29, 1.82) is 0 Å². The number of halogens is 2. The number of ketones is 1. The topological polar surface area (TPSA) is 37.3 Å². The SMILES string of the molecule is CC1CC(=O)c2c(O)c(Cl)cc(Cl)c21. The van der Waals surface area contributed by atoms with Gasteiger partial charge in [-0.1, -0.05) is 30.1 Å². The first-order valence-corrected chi connectivity index (χ1v) is 5.02. The van der Waals surface area contributed by atoms with Gasteiger partial charge in [-0.15, -0.1) is 0 Å². The molecule has 0 amide bonds. The maximum atomic E-state index is 11.5. The number of hydrogen-bond donors (Lipinski definition) is 1. The summed E-state index contributed by atoms with van der Waals surface area (Å²) in [7, 11) is 0. The molecule has 0 saturated carbocycles. The van der Waals surface area contributed by atoms with Crippen LogP contribution in [0.2, 0.25) is 10.0 Å². The van der Waals surface area contributed by atoms with Gasteiger partial charge in [0, 0.05) is 11.4 Å². The normalized spacial score (nSPS) is 19.9. The predicted octanol–water partition coefficient (Wildman–Crippen LogP) is 3.39. The monoisotopic (exact) mass is 230 g/mol. The van der Waals surface area contributed by atoms with Crippen molar-refractivity contribution in [3.63, 3.8) is 0 Å². The Morgan fingerprint density at radius 1 is 1.43 bits per heavy atom. The van der Waals surface area contributed by atoms with Crippen LogP contribution in [0, 0.1) is 0 Å². The van der Waals surface area contributed by atoms with Crippen LogP contribution in [0.3, 0.4) is 0 Å². The zero-order valence-electron chi connectivity index (χ0n) is 7.47. The Bertz CT molecular complexity index is 427. The molecule has 2 rings (SSSR count). The lowest BCUT2D eigenvalue weighted by molar-refractivity contribution is 0.0988. The zero-order chi connectivity index (χ0) is 10.5. The van der Waals surface area contributed by atoms with E-state index in [4.69, 9.17) is 23.2 Å². The number of Topliss-reactive ketones (excluding diaryl/α,β-unsaturated/α-hetero) is 1. The predicted molar refractivity (Wildman–Crippen MR) is 55.5 cm³/mol. The van der Waals surface area contributed by atoms with Crippen molar-refractivity contribution in [1.82, 2.24) is 0 Å². The molecule has 0 heterocycles. The third-order valence-corrected chi connectivity index (χ3v) is 3.11. The van der Waals surface area contributed by atoms with E-state index in [0.29, 0.717) is 17.0 Å². The van der Waals surface area contributed by atoms with Crippen molar-refractivity contribution < 1.29 is 9.90 Å². The van der Waals surface area contributed by atoms with E-state index >= 15 is 0 Å². The minimum absolute atomic E-state index is 0.0631. The lowest BCUT2D eigenvalue weighted by Gasteiger charge is -2.08. The Balaban J connectivity index is 2.79. The number of phenols is 1. The molecule has 0 bridgehead atoms. The average molecular weight is 231 g/mol. The van der Waals surface area contributed by atoms with Gasteiger partial charge in [0.25, 0.3) is 0 Å². The van der Waals surface area contributed by atoms with Crippen LogP contribution < -0.4 is 0 Å². The maximum Gasteiger partial charge on any atom is 0.167 e. The van der Waals surface area contributed by atoms with Gasteiger partial charge in [0.2, 0.25) is 0 Å². The second kappa shape index (κ2) is 3.14. The van der Waals surface area contributed by atoms with Gasteiger partial charge >= 0.3 is 0 Å². The van der Waals surface area contributed by atoms with E-state index < -0.39 is 0 Å². The van der Waals surface area contributed by atoms with Crippen LogP contribution in [0.5, 0.6) is 5.75 Å². The fraction of sp³-hybridized carbons (Fsp3) is 0.300. The Morgan fingerprint density at radius 3 is 2.71 bits per heavy atom. The molecule has 1 aliphatic carbocycles. The second-order valence-corrected chi connectivity index (χ2v) is 4.32. The van der Waals surface area contributed by atoms with Crippen LogP contribution in [0.25, 0.3) is 0 Å². The summed E-state index contributed by atoms with van der Waals surface area (Å²) in [5.74, 6) is -0.164. The van der Waals surface area contributed by atoms with Crippen LogP contribution in [0.1, 0.15) is 35.2 Å². The van der Waals surface area contributed by atoms with Gasteiger partial charge in [0.15, 0.2) is 5.78 Å². The Labute approximate surface area is 91.4 Å². The summed E-state index contributed by atoms with van der Waals surface area (Å²) in [5, 5.41) is 10.2. The quantitative estimate of drug-likeness (QED) is 0.742. The number of rotatable bonds is 0.